The van der Waals surface area contributed by atoms with Gasteiger partial charge in [0, 0.05) is 4.90 Å². The molecule has 72 valence electrons. The minimum Gasteiger partial charge on any atom is -0.143 e. The molecule has 1 aromatic carbocycles. The van der Waals surface area contributed by atoms with Crippen LogP contribution >= 0.6 is 12.6 Å². The molecule has 0 saturated carbocycles. The fourth-order valence-electron chi connectivity index (χ4n) is 1.40. The van der Waals surface area contributed by atoms with Gasteiger partial charge in [0.25, 0.3) is 0 Å². The maximum Gasteiger partial charge on any atom is 0.00801 e. The van der Waals surface area contributed by atoms with Gasteiger partial charge in [-0.05, 0) is 30.4 Å². The summed E-state index contributed by atoms with van der Waals surface area (Å²) >= 11 is 4.52. The first kappa shape index (κ1) is 10.6. The number of rotatable bonds is 2. The standard InChI is InChI=1S/C12H18S/c1-5-12(3,4)10-7-6-9(2)8-11(10)13/h6-8,13H,5H2,1-4H3. The highest BCUT2D eigenvalue weighted by atomic mass is 32.1. The van der Waals surface area contributed by atoms with Gasteiger partial charge in [0.1, 0.15) is 0 Å². The van der Waals surface area contributed by atoms with Crippen LogP contribution in [0.3, 0.4) is 0 Å². The Kier molecular flexibility index (Phi) is 3.07. The Labute approximate surface area is 86.8 Å². The zero-order chi connectivity index (χ0) is 10.1. The number of thiol groups is 1. The molecule has 0 unspecified atom stereocenters. The lowest BCUT2D eigenvalue weighted by atomic mass is 9.82. The Morgan fingerprint density at radius 1 is 1.31 bits per heavy atom. The molecule has 0 aliphatic rings. The van der Waals surface area contributed by atoms with Crippen molar-refractivity contribution in [3.05, 3.63) is 29.3 Å². The van der Waals surface area contributed by atoms with Gasteiger partial charge in [-0.3, -0.25) is 0 Å². The van der Waals surface area contributed by atoms with Crippen LogP contribution in [0.5, 0.6) is 0 Å². The number of hydrogen-bond donors (Lipinski definition) is 1. The summed E-state index contributed by atoms with van der Waals surface area (Å²) in [7, 11) is 0. The zero-order valence-electron chi connectivity index (χ0n) is 8.89. The number of aryl methyl sites for hydroxylation is 1. The molecule has 0 amide bonds. The topological polar surface area (TPSA) is 0 Å². The molecule has 0 fully saturated rings. The molecule has 0 N–H and O–H groups in total. The molecular weight excluding hydrogens is 176 g/mol. The molecule has 0 spiro atoms. The van der Waals surface area contributed by atoms with E-state index in [1.165, 1.54) is 11.1 Å². The molecule has 0 aliphatic carbocycles. The Hall–Kier alpha value is -0.430. The van der Waals surface area contributed by atoms with E-state index in [0.717, 1.165) is 11.3 Å². The Balaban J connectivity index is 3.16. The number of benzene rings is 1. The van der Waals surface area contributed by atoms with Gasteiger partial charge in [0.2, 0.25) is 0 Å². The molecule has 1 rings (SSSR count). The second kappa shape index (κ2) is 3.75. The van der Waals surface area contributed by atoms with E-state index in [0.29, 0.717) is 0 Å². The first-order chi connectivity index (χ1) is 5.97. The van der Waals surface area contributed by atoms with Gasteiger partial charge in [0.05, 0.1) is 0 Å². The molecule has 1 heteroatoms. The lowest BCUT2D eigenvalue weighted by molar-refractivity contribution is 0.497. The summed E-state index contributed by atoms with van der Waals surface area (Å²) in [6, 6.07) is 6.49. The molecular formula is C12H18S. The fraction of sp³-hybridized carbons (Fsp3) is 0.500. The van der Waals surface area contributed by atoms with Crippen molar-refractivity contribution in [1.82, 2.24) is 0 Å². The van der Waals surface area contributed by atoms with Crippen LogP contribution < -0.4 is 0 Å². The van der Waals surface area contributed by atoms with Gasteiger partial charge >= 0.3 is 0 Å². The van der Waals surface area contributed by atoms with Crippen LogP contribution in [0, 0.1) is 6.92 Å². The summed E-state index contributed by atoms with van der Waals surface area (Å²) in [4.78, 5) is 1.12. The van der Waals surface area contributed by atoms with E-state index in [9.17, 15) is 0 Å². The summed E-state index contributed by atoms with van der Waals surface area (Å²) in [5.74, 6) is 0. The van der Waals surface area contributed by atoms with Crippen LogP contribution in [0.4, 0.5) is 0 Å². The lowest BCUT2D eigenvalue weighted by Gasteiger charge is -2.25. The maximum absolute atomic E-state index is 4.52. The third-order valence-corrected chi connectivity index (χ3v) is 3.14. The highest BCUT2D eigenvalue weighted by Crippen LogP contribution is 2.31. The molecule has 0 atom stereocenters. The van der Waals surface area contributed by atoms with Gasteiger partial charge in [0.15, 0.2) is 0 Å². The first-order valence-corrected chi connectivity index (χ1v) is 5.22. The minimum atomic E-state index is 0.241. The van der Waals surface area contributed by atoms with E-state index in [4.69, 9.17) is 0 Å². The van der Waals surface area contributed by atoms with Gasteiger partial charge < -0.3 is 0 Å². The van der Waals surface area contributed by atoms with Crippen LogP contribution in [-0.2, 0) is 5.41 Å². The Morgan fingerprint density at radius 2 is 1.92 bits per heavy atom. The summed E-state index contributed by atoms with van der Waals surface area (Å²) < 4.78 is 0. The quantitative estimate of drug-likeness (QED) is 0.677. The largest absolute Gasteiger partial charge is 0.143 e. The predicted octanol–water partition coefficient (Wildman–Crippen LogP) is 3.97. The van der Waals surface area contributed by atoms with Gasteiger partial charge in [-0.25, -0.2) is 0 Å². The van der Waals surface area contributed by atoms with Crippen LogP contribution in [-0.4, -0.2) is 0 Å². The summed E-state index contributed by atoms with van der Waals surface area (Å²) in [5, 5.41) is 0. The van der Waals surface area contributed by atoms with Gasteiger partial charge in [-0.15, -0.1) is 12.6 Å². The number of hydrogen-bond acceptors (Lipinski definition) is 1. The van der Waals surface area contributed by atoms with Crippen molar-refractivity contribution < 1.29 is 0 Å². The van der Waals surface area contributed by atoms with Gasteiger partial charge in [-0.1, -0.05) is 38.5 Å². The van der Waals surface area contributed by atoms with Crippen molar-refractivity contribution in [1.29, 1.82) is 0 Å². The average Bonchev–Trinajstić information content (AvgIpc) is 2.03. The SMILES string of the molecule is CCC(C)(C)c1ccc(C)cc1S. The van der Waals surface area contributed by atoms with Crippen molar-refractivity contribution in [2.75, 3.05) is 0 Å². The molecule has 1 aromatic rings. The van der Waals surface area contributed by atoms with Crippen LogP contribution in [0.15, 0.2) is 23.1 Å². The highest BCUT2D eigenvalue weighted by molar-refractivity contribution is 7.80. The molecule has 0 radical (unpaired) electrons. The van der Waals surface area contributed by atoms with E-state index in [1.54, 1.807) is 0 Å². The third-order valence-electron chi connectivity index (χ3n) is 2.77. The van der Waals surface area contributed by atoms with E-state index in [2.05, 4.69) is 58.5 Å². The van der Waals surface area contributed by atoms with E-state index in [1.807, 2.05) is 0 Å². The van der Waals surface area contributed by atoms with Crippen LogP contribution in [0.2, 0.25) is 0 Å². The van der Waals surface area contributed by atoms with Crippen molar-refractivity contribution in [3.8, 4) is 0 Å². The van der Waals surface area contributed by atoms with Crippen molar-refractivity contribution in [3.63, 3.8) is 0 Å². The second-order valence-corrected chi connectivity index (χ2v) is 4.74. The van der Waals surface area contributed by atoms with Crippen LogP contribution in [0.1, 0.15) is 38.3 Å². The Bertz CT molecular complexity index is 300. The van der Waals surface area contributed by atoms with E-state index >= 15 is 0 Å². The molecule has 0 aliphatic heterocycles. The first-order valence-electron chi connectivity index (χ1n) is 4.77. The second-order valence-electron chi connectivity index (χ2n) is 4.26. The summed E-state index contributed by atoms with van der Waals surface area (Å²) in [6.07, 6.45) is 1.14. The van der Waals surface area contributed by atoms with Crippen molar-refractivity contribution in [2.24, 2.45) is 0 Å². The molecule has 0 bridgehead atoms. The van der Waals surface area contributed by atoms with E-state index < -0.39 is 0 Å². The van der Waals surface area contributed by atoms with E-state index in [-0.39, 0.29) is 5.41 Å². The monoisotopic (exact) mass is 194 g/mol. The molecule has 0 aromatic heterocycles. The van der Waals surface area contributed by atoms with Crippen molar-refractivity contribution in [2.45, 2.75) is 44.4 Å². The average molecular weight is 194 g/mol. The summed E-state index contributed by atoms with van der Waals surface area (Å²) in [6.45, 7) is 8.84. The molecule has 0 heterocycles. The molecule has 13 heavy (non-hydrogen) atoms. The lowest BCUT2D eigenvalue weighted by Crippen LogP contribution is -2.16. The normalized spacial score (nSPS) is 11.8. The maximum atomic E-state index is 4.52. The summed E-state index contributed by atoms with van der Waals surface area (Å²) in [5.41, 5.74) is 2.87. The zero-order valence-corrected chi connectivity index (χ0v) is 9.78. The fourth-order valence-corrected chi connectivity index (χ4v) is 1.99. The third kappa shape index (κ3) is 2.28. The van der Waals surface area contributed by atoms with Gasteiger partial charge in [-0.2, -0.15) is 0 Å². The molecule has 0 nitrogen and oxygen atoms in total. The minimum absolute atomic E-state index is 0.241. The smallest absolute Gasteiger partial charge is 0.00801 e. The predicted molar refractivity (Wildman–Crippen MR) is 61.7 cm³/mol. The van der Waals surface area contributed by atoms with Crippen LogP contribution in [0.25, 0.3) is 0 Å². The highest BCUT2D eigenvalue weighted by Gasteiger charge is 2.19. The Morgan fingerprint density at radius 3 is 2.38 bits per heavy atom. The van der Waals surface area contributed by atoms with Crippen molar-refractivity contribution >= 4 is 12.6 Å². The molecule has 0 saturated heterocycles.